The highest BCUT2D eigenvalue weighted by Gasteiger charge is 2.31. The summed E-state index contributed by atoms with van der Waals surface area (Å²) < 4.78 is 37.9. The number of hydrogen-bond acceptors (Lipinski definition) is 3. The fraction of sp³-hybridized carbons (Fsp3) is 0.0714. The van der Waals surface area contributed by atoms with Crippen molar-refractivity contribution in [3.63, 3.8) is 0 Å². The average molecular weight is 332 g/mol. The number of carbonyl (C=O) groups excluding carboxylic acids is 1. The van der Waals surface area contributed by atoms with Crippen molar-refractivity contribution in [3.8, 4) is 11.5 Å². The minimum Gasteiger partial charge on any atom is -0.504 e. The lowest BCUT2D eigenvalue weighted by molar-refractivity contribution is -0.137. The molecule has 0 saturated carbocycles. The second kappa shape index (κ2) is 5.76. The maximum absolute atomic E-state index is 12.6. The molecule has 3 N–H and O–H groups in total. The Labute approximate surface area is 127 Å². The van der Waals surface area contributed by atoms with Crippen LogP contribution in [0.15, 0.2) is 36.4 Å². The van der Waals surface area contributed by atoms with Crippen molar-refractivity contribution in [1.29, 1.82) is 0 Å². The number of phenols is 2. The van der Waals surface area contributed by atoms with Crippen LogP contribution in [0.5, 0.6) is 11.5 Å². The molecule has 8 heteroatoms. The van der Waals surface area contributed by atoms with Gasteiger partial charge in [-0.2, -0.15) is 13.2 Å². The number of nitrogens with one attached hydrogen (secondary N) is 1. The van der Waals surface area contributed by atoms with Gasteiger partial charge >= 0.3 is 6.18 Å². The van der Waals surface area contributed by atoms with Gasteiger partial charge in [-0.15, -0.1) is 0 Å². The van der Waals surface area contributed by atoms with Crippen LogP contribution < -0.4 is 5.32 Å². The summed E-state index contributed by atoms with van der Waals surface area (Å²) in [6, 6.07) is 5.79. The number of amides is 1. The standard InChI is InChI=1S/C14H9ClF3NO3/c15-9-3-2-8(14(16,17)18)6-10(9)19-13(22)7-1-4-11(20)12(21)5-7/h1-6,20-21H,(H,19,22). The Morgan fingerprint density at radius 1 is 1.05 bits per heavy atom. The molecule has 0 aliphatic heterocycles. The topological polar surface area (TPSA) is 69.6 Å². The van der Waals surface area contributed by atoms with Crippen molar-refractivity contribution in [1.82, 2.24) is 0 Å². The van der Waals surface area contributed by atoms with Crippen LogP contribution in [0, 0.1) is 0 Å². The number of hydrogen-bond donors (Lipinski definition) is 3. The van der Waals surface area contributed by atoms with Crippen molar-refractivity contribution < 1.29 is 28.2 Å². The van der Waals surface area contributed by atoms with Crippen molar-refractivity contribution in [2.75, 3.05) is 5.32 Å². The molecular formula is C14H9ClF3NO3. The fourth-order valence-corrected chi connectivity index (χ4v) is 1.82. The van der Waals surface area contributed by atoms with Crippen LogP contribution in [0.25, 0.3) is 0 Å². The molecule has 0 aromatic heterocycles. The van der Waals surface area contributed by atoms with Crippen LogP contribution in [0.3, 0.4) is 0 Å². The summed E-state index contributed by atoms with van der Waals surface area (Å²) in [4.78, 5) is 11.9. The third-order valence-electron chi connectivity index (χ3n) is 2.78. The molecule has 116 valence electrons. The van der Waals surface area contributed by atoms with E-state index in [1.54, 1.807) is 0 Å². The Kier molecular flexibility index (Phi) is 4.18. The number of carbonyl (C=O) groups is 1. The Balaban J connectivity index is 2.29. The smallest absolute Gasteiger partial charge is 0.416 e. The minimum absolute atomic E-state index is 0.0521. The van der Waals surface area contributed by atoms with Crippen molar-refractivity contribution >= 4 is 23.2 Å². The van der Waals surface area contributed by atoms with E-state index in [1.807, 2.05) is 0 Å². The van der Waals surface area contributed by atoms with Gasteiger partial charge < -0.3 is 15.5 Å². The Hall–Kier alpha value is -2.41. The van der Waals surface area contributed by atoms with Gasteiger partial charge in [-0.05, 0) is 36.4 Å². The van der Waals surface area contributed by atoms with E-state index < -0.39 is 29.1 Å². The van der Waals surface area contributed by atoms with Crippen molar-refractivity contribution in [3.05, 3.63) is 52.5 Å². The predicted octanol–water partition coefficient (Wildman–Crippen LogP) is 4.02. The first-order valence-electron chi connectivity index (χ1n) is 5.88. The van der Waals surface area contributed by atoms with E-state index >= 15 is 0 Å². The lowest BCUT2D eigenvalue weighted by Crippen LogP contribution is -2.13. The Bertz CT molecular complexity index is 732. The Morgan fingerprint density at radius 2 is 1.73 bits per heavy atom. The van der Waals surface area contributed by atoms with E-state index in [1.165, 1.54) is 6.07 Å². The second-order valence-corrected chi connectivity index (χ2v) is 4.76. The van der Waals surface area contributed by atoms with E-state index in [0.717, 1.165) is 24.3 Å². The zero-order chi connectivity index (χ0) is 16.5. The summed E-state index contributed by atoms with van der Waals surface area (Å²) >= 11 is 5.76. The second-order valence-electron chi connectivity index (χ2n) is 4.35. The molecule has 0 saturated heterocycles. The van der Waals surface area contributed by atoms with Gasteiger partial charge in [0.1, 0.15) is 0 Å². The minimum atomic E-state index is -4.57. The highest BCUT2D eigenvalue weighted by molar-refractivity contribution is 6.34. The molecule has 0 aliphatic rings. The molecule has 0 bridgehead atoms. The summed E-state index contributed by atoms with van der Waals surface area (Å²) in [5, 5.41) is 20.6. The van der Waals surface area contributed by atoms with E-state index in [4.69, 9.17) is 16.7 Å². The van der Waals surface area contributed by atoms with E-state index in [2.05, 4.69) is 5.32 Å². The third kappa shape index (κ3) is 3.43. The van der Waals surface area contributed by atoms with Crippen LogP contribution in [0.1, 0.15) is 15.9 Å². The first kappa shape index (κ1) is 16.0. The molecule has 2 aromatic carbocycles. The third-order valence-corrected chi connectivity index (χ3v) is 3.11. The number of rotatable bonds is 2. The van der Waals surface area contributed by atoms with Crippen LogP contribution in [0.2, 0.25) is 5.02 Å². The van der Waals surface area contributed by atoms with Gasteiger partial charge in [0.15, 0.2) is 11.5 Å². The van der Waals surface area contributed by atoms with Crippen molar-refractivity contribution in [2.45, 2.75) is 6.18 Å². The predicted molar refractivity (Wildman–Crippen MR) is 74.2 cm³/mol. The molecule has 2 rings (SSSR count). The molecule has 0 aliphatic carbocycles. The molecule has 0 heterocycles. The maximum atomic E-state index is 12.6. The van der Waals surface area contributed by atoms with E-state index in [0.29, 0.717) is 6.07 Å². The van der Waals surface area contributed by atoms with Crippen molar-refractivity contribution in [2.24, 2.45) is 0 Å². The summed E-state index contributed by atoms with van der Waals surface area (Å²) in [5.41, 5.74) is -1.22. The summed E-state index contributed by atoms with van der Waals surface area (Å²) in [5.74, 6) is -1.73. The van der Waals surface area contributed by atoms with Gasteiger partial charge in [0.25, 0.3) is 5.91 Å². The van der Waals surface area contributed by atoms with Crippen LogP contribution in [0.4, 0.5) is 18.9 Å². The largest absolute Gasteiger partial charge is 0.504 e. The SMILES string of the molecule is O=C(Nc1cc(C(F)(F)F)ccc1Cl)c1ccc(O)c(O)c1. The highest BCUT2D eigenvalue weighted by Crippen LogP contribution is 2.34. The zero-order valence-electron chi connectivity index (χ0n) is 10.8. The highest BCUT2D eigenvalue weighted by atomic mass is 35.5. The molecular weight excluding hydrogens is 323 g/mol. The molecule has 0 atom stereocenters. The van der Waals surface area contributed by atoms with Gasteiger partial charge in [-0.3, -0.25) is 4.79 Å². The van der Waals surface area contributed by atoms with E-state index in [-0.39, 0.29) is 16.3 Å². The van der Waals surface area contributed by atoms with Gasteiger partial charge in [0, 0.05) is 5.56 Å². The van der Waals surface area contributed by atoms with Gasteiger partial charge in [0.05, 0.1) is 16.3 Å². The quantitative estimate of drug-likeness (QED) is 0.728. The Morgan fingerprint density at radius 3 is 2.32 bits per heavy atom. The maximum Gasteiger partial charge on any atom is 0.416 e. The average Bonchev–Trinajstić information content (AvgIpc) is 2.43. The molecule has 0 spiro atoms. The normalized spacial score (nSPS) is 11.3. The van der Waals surface area contributed by atoms with Crippen LogP contribution in [-0.4, -0.2) is 16.1 Å². The fourth-order valence-electron chi connectivity index (χ4n) is 1.66. The lowest BCUT2D eigenvalue weighted by atomic mass is 10.1. The summed E-state index contributed by atoms with van der Waals surface area (Å²) in [6.45, 7) is 0. The van der Waals surface area contributed by atoms with Gasteiger partial charge in [0.2, 0.25) is 0 Å². The molecule has 0 fully saturated rings. The number of phenolic OH excluding ortho intramolecular Hbond substituents is 2. The molecule has 4 nitrogen and oxygen atoms in total. The van der Waals surface area contributed by atoms with Gasteiger partial charge in [-0.25, -0.2) is 0 Å². The van der Waals surface area contributed by atoms with Gasteiger partial charge in [-0.1, -0.05) is 11.6 Å². The van der Waals surface area contributed by atoms with Crippen LogP contribution in [-0.2, 0) is 6.18 Å². The number of alkyl halides is 3. The van der Waals surface area contributed by atoms with Crippen LogP contribution >= 0.6 is 11.6 Å². The molecule has 1 amide bonds. The number of halogens is 4. The lowest BCUT2D eigenvalue weighted by Gasteiger charge is -2.12. The summed E-state index contributed by atoms with van der Waals surface area (Å²) in [6.07, 6.45) is -4.57. The number of anilines is 1. The zero-order valence-corrected chi connectivity index (χ0v) is 11.5. The molecule has 0 unspecified atom stereocenters. The summed E-state index contributed by atoms with van der Waals surface area (Å²) in [7, 11) is 0. The first-order valence-corrected chi connectivity index (χ1v) is 6.26. The molecule has 0 radical (unpaired) electrons. The van der Waals surface area contributed by atoms with E-state index in [9.17, 15) is 23.1 Å². The molecule has 2 aromatic rings. The number of benzene rings is 2. The molecule has 22 heavy (non-hydrogen) atoms. The monoisotopic (exact) mass is 331 g/mol. The first-order chi connectivity index (χ1) is 10.2. The number of aromatic hydroxyl groups is 2.